The summed E-state index contributed by atoms with van der Waals surface area (Å²) in [6.45, 7) is 6.47. The number of rotatable bonds is 6. The molecule has 5 rings (SSSR count). The van der Waals surface area contributed by atoms with Gasteiger partial charge in [-0.25, -0.2) is 4.79 Å². The third kappa shape index (κ3) is 4.67. The topological polar surface area (TPSA) is 79.7 Å². The van der Waals surface area contributed by atoms with E-state index in [4.69, 9.17) is 9.72 Å². The van der Waals surface area contributed by atoms with Crippen molar-refractivity contribution >= 4 is 33.3 Å². The highest BCUT2D eigenvalue weighted by Crippen LogP contribution is 2.34. The molecule has 0 spiro atoms. The first-order valence-electron chi connectivity index (χ1n) is 12.1. The molecular formula is C25H31N5O3S. The molecule has 1 aromatic carbocycles. The Balaban J connectivity index is 1.25. The molecule has 1 aliphatic heterocycles. The molecule has 180 valence electrons. The van der Waals surface area contributed by atoms with Crippen LogP contribution in [0.15, 0.2) is 35.1 Å². The first-order chi connectivity index (χ1) is 16.6. The van der Waals surface area contributed by atoms with Gasteiger partial charge in [0.1, 0.15) is 4.83 Å². The maximum Gasteiger partial charge on any atom is 0.321 e. The quantitative estimate of drug-likeness (QED) is 0.582. The number of piperazine rings is 1. The molecule has 0 saturated carbocycles. The molecule has 8 nitrogen and oxygen atoms in total. The van der Waals surface area contributed by atoms with Crippen LogP contribution in [-0.2, 0) is 19.4 Å². The summed E-state index contributed by atoms with van der Waals surface area (Å²) < 4.78 is 7.49. The Morgan fingerprint density at radius 3 is 2.62 bits per heavy atom. The van der Waals surface area contributed by atoms with Gasteiger partial charge in [0.15, 0.2) is 0 Å². The number of urea groups is 1. The van der Waals surface area contributed by atoms with Crippen molar-refractivity contribution in [2.24, 2.45) is 0 Å². The van der Waals surface area contributed by atoms with Crippen LogP contribution in [0.2, 0.25) is 0 Å². The highest BCUT2D eigenvalue weighted by atomic mass is 32.1. The number of para-hydroxylation sites is 1. The summed E-state index contributed by atoms with van der Waals surface area (Å²) in [5, 5.41) is 3.75. The number of hydrogen-bond donors (Lipinski definition) is 1. The number of amides is 2. The minimum absolute atomic E-state index is 0.0220. The number of carbonyl (C=O) groups is 1. The molecule has 0 unspecified atom stereocenters. The fourth-order valence-corrected chi connectivity index (χ4v) is 6.04. The molecule has 2 amide bonds. The molecule has 0 bridgehead atoms. The molecule has 1 N–H and O–H groups in total. The van der Waals surface area contributed by atoms with Crippen molar-refractivity contribution in [1.82, 2.24) is 19.4 Å². The summed E-state index contributed by atoms with van der Waals surface area (Å²) in [4.78, 5) is 37.1. The number of aryl methyl sites for hydroxylation is 2. The van der Waals surface area contributed by atoms with Gasteiger partial charge in [0.25, 0.3) is 5.56 Å². The van der Waals surface area contributed by atoms with E-state index < -0.39 is 0 Å². The van der Waals surface area contributed by atoms with Gasteiger partial charge in [-0.15, -0.1) is 11.3 Å². The number of aromatic nitrogens is 2. The predicted octanol–water partition coefficient (Wildman–Crippen LogP) is 3.59. The number of thiophene rings is 1. The maximum atomic E-state index is 13.5. The molecule has 0 atom stereocenters. The van der Waals surface area contributed by atoms with Gasteiger partial charge in [-0.2, -0.15) is 4.98 Å². The average molecular weight is 482 g/mol. The number of carbonyl (C=O) groups excluding carboxylic acids is 1. The number of fused-ring (bicyclic) bond motifs is 3. The number of benzene rings is 1. The van der Waals surface area contributed by atoms with Gasteiger partial charge in [0, 0.05) is 49.8 Å². The number of nitrogens with zero attached hydrogens (tertiary/aromatic N) is 4. The second kappa shape index (κ2) is 10.1. The molecule has 9 heteroatoms. The van der Waals surface area contributed by atoms with Crippen molar-refractivity contribution in [1.29, 1.82) is 0 Å². The molecule has 0 radical (unpaired) electrons. The lowest BCUT2D eigenvalue weighted by atomic mass is 9.97. The van der Waals surface area contributed by atoms with Crippen molar-refractivity contribution in [3.05, 3.63) is 51.1 Å². The zero-order chi connectivity index (χ0) is 23.5. The molecule has 2 aromatic heterocycles. The fourth-order valence-electron chi connectivity index (χ4n) is 4.80. The lowest BCUT2D eigenvalue weighted by molar-refractivity contribution is 0.142. The van der Waals surface area contributed by atoms with Crippen molar-refractivity contribution in [3.63, 3.8) is 0 Å². The van der Waals surface area contributed by atoms with Crippen molar-refractivity contribution < 1.29 is 9.53 Å². The summed E-state index contributed by atoms with van der Waals surface area (Å²) >= 11 is 1.65. The van der Waals surface area contributed by atoms with E-state index >= 15 is 0 Å². The normalized spacial score (nSPS) is 16.4. The van der Waals surface area contributed by atoms with Crippen LogP contribution < -0.4 is 15.6 Å². The molecular weight excluding hydrogens is 450 g/mol. The third-order valence-corrected chi connectivity index (χ3v) is 7.82. The second-order valence-corrected chi connectivity index (χ2v) is 9.88. The Morgan fingerprint density at radius 2 is 1.85 bits per heavy atom. The van der Waals surface area contributed by atoms with Crippen molar-refractivity contribution in [2.45, 2.75) is 39.2 Å². The Labute approximate surface area is 203 Å². The minimum atomic E-state index is -0.0717. The van der Waals surface area contributed by atoms with Gasteiger partial charge >= 0.3 is 12.0 Å². The molecule has 1 saturated heterocycles. The first-order valence-corrected chi connectivity index (χ1v) is 13.0. The van der Waals surface area contributed by atoms with Gasteiger partial charge in [0.05, 0.1) is 12.0 Å². The lowest BCUT2D eigenvalue weighted by Gasteiger charge is -2.34. The Kier molecular flexibility index (Phi) is 6.82. The number of nitrogens with one attached hydrogen (secondary N) is 1. The molecule has 1 aliphatic carbocycles. The summed E-state index contributed by atoms with van der Waals surface area (Å²) in [7, 11) is 0. The molecule has 3 heterocycles. The lowest BCUT2D eigenvalue weighted by Crippen LogP contribution is -2.50. The first kappa shape index (κ1) is 22.9. The monoisotopic (exact) mass is 481 g/mol. The highest BCUT2D eigenvalue weighted by Gasteiger charge is 2.24. The van der Waals surface area contributed by atoms with Crippen molar-refractivity contribution in [3.8, 4) is 6.01 Å². The number of anilines is 1. The van der Waals surface area contributed by atoms with E-state index in [2.05, 4.69) is 10.2 Å². The molecule has 3 aromatic rings. The van der Waals surface area contributed by atoms with Gasteiger partial charge in [-0.1, -0.05) is 18.2 Å². The van der Waals surface area contributed by atoms with Crippen LogP contribution in [0.3, 0.4) is 0 Å². The Morgan fingerprint density at radius 1 is 1.09 bits per heavy atom. The Bertz CT molecular complexity index is 1210. The van der Waals surface area contributed by atoms with Crippen LogP contribution in [-0.4, -0.2) is 64.7 Å². The Hall–Kier alpha value is -2.91. The zero-order valence-corrected chi connectivity index (χ0v) is 20.4. The van der Waals surface area contributed by atoms with Crippen LogP contribution in [0.4, 0.5) is 10.5 Å². The summed E-state index contributed by atoms with van der Waals surface area (Å²) in [6.07, 6.45) is 4.32. The maximum absolute atomic E-state index is 13.5. The van der Waals surface area contributed by atoms with Crippen LogP contribution in [0, 0.1) is 0 Å². The van der Waals surface area contributed by atoms with Crippen LogP contribution in [0.25, 0.3) is 10.2 Å². The largest absolute Gasteiger partial charge is 0.465 e. The summed E-state index contributed by atoms with van der Waals surface area (Å²) in [5.74, 6) is 0. The predicted molar refractivity (Wildman–Crippen MR) is 135 cm³/mol. The SMILES string of the molecule is CCOc1nc2sc3c(c2c(=O)n1CCN1CCN(C(=O)Nc2ccccc2)CC1)CCCC3. The number of ether oxygens (including phenoxy) is 1. The van der Waals surface area contributed by atoms with Gasteiger partial charge in [0.2, 0.25) is 0 Å². The van der Waals surface area contributed by atoms with E-state index in [0.29, 0.717) is 38.8 Å². The average Bonchev–Trinajstić information content (AvgIpc) is 3.23. The van der Waals surface area contributed by atoms with Gasteiger partial charge < -0.3 is 15.0 Å². The van der Waals surface area contributed by atoms with Crippen LogP contribution >= 0.6 is 11.3 Å². The van der Waals surface area contributed by atoms with E-state index in [0.717, 1.165) is 48.3 Å². The highest BCUT2D eigenvalue weighted by molar-refractivity contribution is 7.18. The van der Waals surface area contributed by atoms with Crippen LogP contribution in [0.5, 0.6) is 6.01 Å². The standard InChI is InChI=1S/C25H31N5O3S/c1-2-33-25-27-22-21(19-10-6-7-11-20(19)34-22)23(31)30(25)17-14-28-12-15-29(16-13-28)24(32)26-18-8-4-3-5-9-18/h3-5,8-9H,2,6-7,10-17H2,1H3,(H,26,32). The van der Waals surface area contributed by atoms with Crippen LogP contribution in [0.1, 0.15) is 30.2 Å². The van der Waals surface area contributed by atoms with E-state index in [1.165, 1.54) is 16.9 Å². The molecule has 1 fully saturated rings. The zero-order valence-electron chi connectivity index (χ0n) is 19.6. The third-order valence-electron chi connectivity index (χ3n) is 6.64. The summed E-state index contributed by atoms with van der Waals surface area (Å²) in [5.41, 5.74) is 2.03. The van der Waals surface area contributed by atoms with Gasteiger partial charge in [-0.05, 0) is 50.3 Å². The van der Waals surface area contributed by atoms with E-state index in [-0.39, 0.29) is 11.6 Å². The van der Waals surface area contributed by atoms with Gasteiger partial charge in [-0.3, -0.25) is 14.3 Å². The number of hydrogen-bond acceptors (Lipinski definition) is 6. The summed E-state index contributed by atoms with van der Waals surface area (Å²) in [6, 6.07) is 9.86. The molecule has 34 heavy (non-hydrogen) atoms. The van der Waals surface area contributed by atoms with E-state index in [9.17, 15) is 9.59 Å². The second-order valence-electron chi connectivity index (χ2n) is 8.80. The van der Waals surface area contributed by atoms with Crippen molar-refractivity contribution in [2.75, 3.05) is 44.6 Å². The van der Waals surface area contributed by atoms with E-state index in [1.807, 2.05) is 42.2 Å². The smallest absolute Gasteiger partial charge is 0.321 e. The fraction of sp³-hybridized carbons (Fsp3) is 0.480. The molecule has 2 aliphatic rings. The van der Waals surface area contributed by atoms with E-state index in [1.54, 1.807) is 15.9 Å². The minimum Gasteiger partial charge on any atom is -0.465 e.